The maximum atomic E-state index is 5.20. The summed E-state index contributed by atoms with van der Waals surface area (Å²) < 4.78 is 0. The van der Waals surface area contributed by atoms with Crippen LogP contribution in [-0.4, -0.2) is 6.61 Å². The van der Waals surface area contributed by atoms with Crippen LogP contribution in [-0.2, 0) is 11.3 Å². The van der Waals surface area contributed by atoms with Crippen molar-refractivity contribution in [2.75, 3.05) is 12.1 Å². The first-order valence-corrected chi connectivity index (χ1v) is 12.3. The molecule has 0 aliphatic rings. The summed E-state index contributed by atoms with van der Waals surface area (Å²) in [6.45, 7) is 4.96. The fourth-order valence-electron chi connectivity index (χ4n) is 3.77. The lowest BCUT2D eigenvalue weighted by atomic mass is 10.0. The van der Waals surface area contributed by atoms with Crippen LogP contribution in [0.2, 0.25) is 0 Å². The van der Waals surface area contributed by atoms with Crippen LogP contribution in [0.5, 0.6) is 0 Å². The highest BCUT2D eigenvalue weighted by Gasteiger charge is 1.97. The van der Waals surface area contributed by atoms with Crippen LogP contribution in [0.3, 0.4) is 0 Å². The molecule has 0 saturated carbocycles. The normalized spacial score (nSPS) is 11.1. The average Bonchev–Trinajstić information content (AvgIpc) is 2.73. The van der Waals surface area contributed by atoms with E-state index < -0.39 is 0 Å². The Bertz CT molecular complexity index is 429. The molecule has 0 fully saturated rings. The van der Waals surface area contributed by atoms with Gasteiger partial charge >= 0.3 is 0 Å². The van der Waals surface area contributed by atoms with Crippen molar-refractivity contribution in [1.82, 2.24) is 0 Å². The molecule has 2 nitrogen and oxygen atoms in total. The van der Waals surface area contributed by atoms with Crippen LogP contribution < -0.4 is 5.48 Å². The highest BCUT2D eigenvalue weighted by atomic mass is 16.6. The SMILES string of the molecule is CCCCCCCCCCCCCCCCCCc1ccc(NOCC)cc1. The number of anilines is 1. The quantitative estimate of drug-likeness (QED) is 0.177. The van der Waals surface area contributed by atoms with Crippen molar-refractivity contribution in [2.24, 2.45) is 0 Å². The molecule has 0 radical (unpaired) electrons. The zero-order valence-electron chi connectivity index (χ0n) is 18.9. The Morgan fingerprint density at radius 1 is 0.571 bits per heavy atom. The van der Waals surface area contributed by atoms with Gasteiger partial charge in [0.05, 0.1) is 12.3 Å². The number of nitrogens with one attached hydrogen (secondary N) is 1. The smallest absolute Gasteiger partial charge is 0.0717 e. The number of hydrogen-bond donors (Lipinski definition) is 1. The molecule has 28 heavy (non-hydrogen) atoms. The molecule has 1 rings (SSSR count). The summed E-state index contributed by atoms with van der Waals surface area (Å²) in [6, 6.07) is 8.65. The van der Waals surface area contributed by atoms with Crippen molar-refractivity contribution in [2.45, 2.75) is 123 Å². The Kier molecular flexibility index (Phi) is 17.2. The van der Waals surface area contributed by atoms with Gasteiger partial charge in [0.2, 0.25) is 0 Å². The summed E-state index contributed by atoms with van der Waals surface area (Å²) in [5.74, 6) is 0. The van der Waals surface area contributed by atoms with E-state index in [1.165, 1.54) is 115 Å². The van der Waals surface area contributed by atoms with Crippen LogP contribution in [0, 0.1) is 0 Å². The predicted molar refractivity (Wildman–Crippen MR) is 125 cm³/mol. The molecule has 0 heterocycles. The zero-order valence-corrected chi connectivity index (χ0v) is 18.9. The van der Waals surface area contributed by atoms with E-state index in [1.54, 1.807) is 0 Å². The van der Waals surface area contributed by atoms with Gasteiger partial charge in [-0.1, -0.05) is 115 Å². The van der Waals surface area contributed by atoms with Crippen LogP contribution in [0.1, 0.15) is 122 Å². The van der Waals surface area contributed by atoms with Crippen molar-refractivity contribution in [3.8, 4) is 0 Å². The molecule has 1 aromatic rings. The summed E-state index contributed by atoms with van der Waals surface area (Å²) in [5.41, 5.74) is 5.42. The Hall–Kier alpha value is -1.02. The minimum atomic E-state index is 0.681. The Balaban J connectivity index is 1.80. The fourth-order valence-corrected chi connectivity index (χ4v) is 3.77. The molecule has 0 unspecified atom stereocenters. The van der Waals surface area contributed by atoms with Crippen LogP contribution in [0.4, 0.5) is 5.69 Å². The van der Waals surface area contributed by atoms with E-state index in [0.29, 0.717) is 6.61 Å². The molecule has 162 valence electrons. The van der Waals surface area contributed by atoms with Gasteiger partial charge in [-0.25, -0.2) is 0 Å². The lowest BCUT2D eigenvalue weighted by Crippen LogP contribution is -1.99. The molecule has 1 aromatic carbocycles. The molecule has 0 amide bonds. The number of aryl methyl sites for hydroxylation is 1. The minimum Gasteiger partial charge on any atom is -0.276 e. The lowest BCUT2D eigenvalue weighted by Gasteiger charge is -2.06. The summed E-state index contributed by atoms with van der Waals surface area (Å²) in [5, 5.41) is 0. The minimum absolute atomic E-state index is 0.681. The summed E-state index contributed by atoms with van der Waals surface area (Å²) in [6.07, 6.45) is 24.1. The van der Waals surface area contributed by atoms with Crippen molar-refractivity contribution >= 4 is 5.69 Å². The maximum Gasteiger partial charge on any atom is 0.0717 e. The highest BCUT2D eigenvalue weighted by Crippen LogP contribution is 2.15. The van der Waals surface area contributed by atoms with Crippen LogP contribution >= 0.6 is 0 Å². The number of hydrogen-bond acceptors (Lipinski definition) is 2. The number of benzene rings is 1. The number of rotatable bonds is 20. The molecule has 1 N–H and O–H groups in total. The van der Waals surface area contributed by atoms with Crippen molar-refractivity contribution in [3.05, 3.63) is 29.8 Å². The fraction of sp³-hybridized carbons (Fsp3) is 0.769. The average molecular weight is 390 g/mol. The van der Waals surface area contributed by atoms with Crippen molar-refractivity contribution in [3.63, 3.8) is 0 Å². The zero-order chi connectivity index (χ0) is 20.1. The third kappa shape index (κ3) is 15.0. The first kappa shape index (κ1) is 25.0. The van der Waals surface area contributed by atoms with E-state index in [4.69, 9.17) is 4.84 Å². The molecule has 0 bridgehead atoms. The van der Waals surface area contributed by atoms with Gasteiger partial charge in [-0.15, -0.1) is 0 Å². The summed E-state index contributed by atoms with van der Waals surface area (Å²) >= 11 is 0. The van der Waals surface area contributed by atoms with Gasteiger partial charge in [0.25, 0.3) is 0 Å². The largest absolute Gasteiger partial charge is 0.276 e. The van der Waals surface area contributed by atoms with Crippen molar-refractivity contribution in [1.29, 1.82) is 0 Å². The van der Waals surface area contributed by atoms with Gasteiger partial charge in [0.15, 0.2) is 0 Å². The van der Waals surface area contributed by atoms with Crippen molar-refractivity contribution < 1.29 is 4.84 Å². The molecule has 0 atom stereocenters. The molecule has 0 aliphatic carbocycles. The van der Waals surface area contributed by atoms with Gasteiger partial charge in [-0.05, 0) is 37.5 Å². The highest BCUT2D eigenvalue weighted by molar-refractivity contribution is 5.42. The Morgan fingerprint density at radius 2 is 1.00 bits per heavy atom. The maximum absolute atomic E-state index is 5.20. The molecule has 2 heteroatoms. The van der Waals surface area contributed by atoms with E-state index in [2.05, 4.69) is 36.7 Å². The summed E-state index contributed by atoms with van der Waals surface area (Å²) in [4.78, 5) is 5.20. The van der Waals surface area contributed by atoms with Gasteiger partial charge in [0, 0.05) is 0 Å². The summed E-state index contributed by atoms with van der Waals surface area (Å²) in [7, 11) is 0. The first-order valence-electron chi connectivity index (χ1n) is 12.3. The third-order valence-electron chi connectivity index (χ3n) is 5.61. The monoisotopic (exact) mass is 389 g/mol. The van der Waals surface area contributed by atoms with E-state index in [9.17, 15) is 0 Å². The second-order valence-corrected chi connectivity index (χ2v) is 8.29. The first-order chi connectivity index (χ1) is 13.9. The van der Waals surface area contributed by atoms with Gasteiger partial charge < -0.3 is 0 Å². The van der Waals surface area contributed by atoms with Gasteiger partial charge in [0.1, 0.15) is 0 Å². The Morgan fingerprint density at radius 3 is 1.43 bits per heavy atom. The molecule has 0 aromatic heterocycles. The van der Waals surface area contributed by atoms with E-state index in [1.807, 2.05) is 6.92 Å². The van der Waals surface area contributed by atoms with Gasteiger partial charge in [-0.3, -0.25) is 10.3 Å². The molecule has 0 spiro atoms. The molecular weight excluding hydrogens is 342 g/mol. The van der Waals surface area contributed by atoms with Gasteiger partial charge in [-0.2, -0.15) is 0 Å². The van der Waals surface area contributed by atoms with E-state index in [0.717, 1.165) is 5.69 Å². The van der Waals surface area contributed by atoms with E-state index >= 15 is 0 Å². The molecule has 0 aliphatic heterocycles. The molecule has 0 saturated heterocycles. The van der Waals surface area contributed by atoms with Crippen LogP contribution in [0.15, 0.2) is 24.3 Å². The Labute approximate surface area is 175 Å². The number of unbranched alkanes of at least 4 members (excludes halogenated alkanes) is 15. The second kappa shape index (κ2) is 19.3. The topological polar surface area (TPSA) is 21.3 Å². The molecular formula is C26H47NO. The predicted octanol–water partition coefficient (Wildman–Crippen LogP) is 8.85. The van der Waals surface area contributed by atoms with Crippen LogP contribution in [0.25, 0.3) is 0 Å². The van der Waals surface area contributed by atoms with E-state index in [-0.39, 0.29) is 0 Å². The standard InChI is InChI=1S/C26H47NO/c1-3-5-6-7-8-9-10-11-12-13-14-15-16-17-18-19-20-25-21-23-26(24-22-25)27-28-4-2/h21-24,27H,3-20H2,1-2H3. The third-order valence-corrected chi connectivity index (χ3v) is 5.61. The second-order valence-electron chi connectivity index (χ2n) is 8.29. The lowest BCUT2D eigenvalue weighted by molar-refractivity contribution is 0.210.